The Morgan fingerprint density at radius 1 is 1.24 bits per heavy atom. The first-order valence-corrected chi connectivity index (χ1v) is 7.46. The molecule has 1 rings (SSSR count). The van der Waals surface area contributed by atoms with Gasteiger partial charge in [0.1, 0.15) is 5.75 Å². The van der Waals surface area contributed by atoms with Crippen LogP contribution in [0.3, 0.4) is 0 Å². The molecule has 1 aromatic rings. The molecule has 5 nitrogen and oxygen atoms in total. The van der Waals surface area contributed by atoms with Crippen molar-refractivity contribution in [3.63, 3.8) is 0 Å². The van der Waals surface area contributed by atoms with Crippen LogP contribution in [0.1, 0.15) is 31.4 Å². The van der Waals surface area contributed by atoms with Crippen molar-refractivity contribution >= 4 is 23.2 Å². The smallest absolute Gasteiger partial charge is 0.279 e. The van der Waals surface area contributed by atoms with Gasteiger partial charge in [0.05, 0.1) is 0 Å². The fourth-order valence-electron chi connectivity index (χ4n) is 1.68. The summed E-state index contributed by atoms with van der Waals surface area (Å²) < 4.78 is 5.74. The van der Waals surface area contributed by atoms with Crippen LogP contribution in [0.25, 0.3) is 0 Å². The van der Waals surface area contributed by atoms with E-state index < -0.39 is 6.10 Å². The van der Waals surface area contributed by atoms with E-state index in [2.05, 4.69) is 16.2 Å². The fourth-order valence-corrected chi connectivity index (χ4v) is 1.87. The van der Waals surface area contributed by atoms with Crippen molar-refractivity contribution in [2.45, 2.75) is 40.2 Å². The van der Waals surface area contributed by atoms with Gasteiger partial charge in [-0.2, -0.15) is 0 Å². The van der Waals surface area contributed by atoms with Crippen LogP contribution < -0.4 is 20.9 Å². The molecule has 6 heteroatoms. The SMILES string of the molecule is CCNC(=S)NNC(=O)[C@H](CC)Oc1ccc(C)c(C)c1. The van der Waals surface area contributed by atoms with Gasteiger partial charge in [-0.15, -0.1) is 0 Å². The van der Waals surface area contributed by atoms with Gasteiger partial charge in [-0.05, 0) is 62.7 Å². The molecule has 0 aliphatic rings. The molecule has 116 valence electrons. The quantitative estimate of drug-likeness (QED) is 0.573. The Balaban J connectivity index is 2.59. The molecule has 0 aromatic heterocycles. The van der Waals surface area contributed by atoms with Crippen LogP contribution in [0.15, 0.2) is 18.2 Å². The van der Waals surface area contributed by atoms with Crippen LogP contribution in [0.5, 0.6) is 5.75 Å². The molecule has 0 heterocycles. The monoisotopic (exact) mass is 309 g/mol. The highest BCUT2D eigenvalue weighted by atomic mass is 32.1. The van der Waals surface area contributed by atoms with E-state index in [4.69, 9.17) is 17.0 Å². The Morgan fingerprint density at radius 3 is 2.52 bits per heavy atom. The molecule has 0 spiro atoms. The number of ether oxygens (including phenoxy) is 1. The predicted octanol–water partition coefficient (Wildman–Crippen LogP) is 1.98. The normalized spacial score (nSPS) is 11.4. The predicted molar refractivity (Wildman–Crippen MR) is 88.2 cm³/mol. The highest BCUT2D eigenvalue weighted by Crippen LogP contribution is 2.18. The number of amides is 1. The van der Waals surface area contributed by atoms with E-state index in [0.717, 1.165) is 5.56 Å². The minimum atomic E-state index is -0.566. The summed E-state index contributed by atoms with van der Waals surface area (Å²) >= 11 is 4.98. The number of carbonyl (C=O) groups is 1. The lowest BCUT2D eigenvalue weighted by Gasteiger charge is -2.19. The molecule has 0 radical (unpaired) electrons. The lowest BCUT2D eigenvalue weighted by Crippen LogP contribution is -2.51. The van der Waals surface area contributed by atoms with Crippen molar-refractivity contribution in [3.05, 3.63) is 29.3 Å². The maximum Gasteiger partial charge on any atom is 0.279 e. The lowest BCUT2D eigenvalue weighted by molar-refractivity contribution is -0.128. The standard InChI is InChI=1S/C15H23N3O2S/c1-5-13(14(19)17-18-15(21)16-6-2)20-12-8-7-10(3)11(4)9-12/h7-9,13H,5-6H2,1-4H3,(H,17,19)(H2,16,18,21)/t13-/m0/s1. The van der Waals surface area contributed by atoms with Crippen LogP contribution in [-0.2, 0) is 4.79 Å². The third kappa shape index (κ3) is 5.59. The Bertz CT molecular complexity index is 506. The lowest BCUT2D eigenvalue weighted by atomic mass is 10.1. The zero-order valence-corrected chi connectivity index (χ0v) is 13.8. The Kier molecular flexibility index (Phi) is 6.94. The Morgan fingerprint density at radius 2 is 1.95 bits per heavy atom. The van der Waals surface area contributed by atoms with Gasteiger partial charge in [0, 0.05) is 6.54 Å². The number of rotatable bonds is 5. The van der Waals surface area contributed by atoms with E-state index in [1.54, 1.807) is 0 Å². The van der Waals surface area contributed by atoms with Crippen LogP contribution >= 0.6 is 12.2 Å². The zero-order chi connectivity index (χ0) is 15.8. The average Bonchev–Trinajstić information content (AvgIpc) is 2.46. The summed E-state index contributed by atoms with van der Waals surface area (Å²) in [5.41, 5.74) is 7.52. The van der Waals surface area contributed by atoms with Gasteiger partial charge in [-0.25, -0.2) is 0 Å². The third-order valence-corrected chi connectivity index (χ3v) is 3.30. The molecule has 1 amide bonds. The van der Waals surface area contributed by atoms with Gasteiger partial charge in [0.2, 0.25) is 0 Å². The van der Waals surface area contributed by atoms with Crippen LogP contribution in [0.2, 0.25) is 0 Å². The zero-order valence-electron chi connectivity index (χ0n) is 12.9. The van der Waals surface area contributed by atoms with Crippen molar-refractivity contribution in [1.82, 2.24) is 16.2 Å². The first-order chi connectivity index (χ1) is 9.97. The van der Waals surface area contributed by atoms with Crippen molar-refractivity contribution < 1.29 is 9.53 Å². The molecule has 0 fully saturated rings. The summed E-state index contributed by atoms with van der Waals surface area (Å²) in [6.07, 6.45) is -0.00182. The highest BCUT2D eigenvalue weighted by molar-refractivity contribution is 7.80. The van der Waals surface area contributed by atoms with E-state index >= 15 is 0 Å². The van der Waals surface area contributed by atoms with E-state index in [-0.39, 0.29) is 5.91 Å². The maximum atomic E-state index is 12.1. The van der Waals surface area contributed by atoms with Crippen molar-refractivity contribution in [2.75, 3.05) is 6.54 Å². The molecule has 1 aromatic carbocycles. The Hall–Kier alpha value is -1.82. The molecule has 0 saturated heterocycles. The molecule has 3 N–H and O–H groups in total. The first-order valence-electron chi connectivity index (χ1n) is 7.05. The van der Waals surface area contributed by atoms with E-state index in [0.29, 0.717) is 23.8 Å². The number of hydrogen-bond donors (Lipinski definition) is 3. The number of nitrogens with one attached hydrogen (secondary N) is 3. The summed E-state index contributed by atoms with van der Waals surface area (Å²) in [6, 6.07) is 5.78. The van der Waals surface area contributed by atoms with Crippen molar-refractivity contribution in [1.29, 1.82) is 0 Å². The van der Waals surface area contributed by atoms with Gasteiger partial charge >= 0.3 is 0 Å². The molecule has 0 aliphatic carbocycles. The summed E-state index contributed by atoms with van der Waals surface area (Å²) in [4.78, 5) is 12.1. The summed E-state index contributed by atoms with van der Waals surface area (Å²) in [5.74, 6) is 0.436. The van der Waals surface area contributed by atoms with Crippen molar-refractivity contribution in [3.8, 4) is 5.75 Å². The molecular weight excluding hydrogens is 286 g/mol. The Labute approximate surface area is 131 Å². The molecule has 21 heavy (non-hydrogen) atoms. The van der Waals surface area contributed by atoms with Crippen LogP contribution in [0, 0.1) is 13.8 Å². The second-order valence-corrected chi connectivity index (χ2v) is 5.14. The second-order valence-electron chi connectivity index (χ2n) is 4.73. The van der Waals surface area contributed by atoms with E-state index in [1.165, 1.54) is 5.56 Å². The topological polar surface area (TPSA) is 62.4 Å². The van der Waals surface area contributed by atoms with Gasteiger partial charge < -0.3 is 10.1 Å². The van der Waals surface area contributed by atoms with Crippen molar-refractivity contribution in [2.24, 2.45) is 0 Å². The second kappa shape index (κ2) is 8.46. The first kappa shape index (κ1) is 17.2. The van der Waals surface area contributed by atoms with Gasteiger partial charge in [-0.3, -0.25) is 15.6 Å². The van der Waals surface area contributed by atoms with Gasteiger partial charge in [0.25, 0.3) is 5.91 Å². The minimum Gasteiger partial charge on any atom is -0.481 e. The molecule has 0 saturated carbocycles. The van der Waals surface area contributed by atoms with Crippen LogP contribution in [0.4, 0.5) is 0 Å². The number of aryl methyl sites for hydroxylation is 2. The van der Waals surface area contributed by atoms with Gasteiger partial charge in [-0.1, -0.05) is 13.0 Å². The molecule has 0 unspecified atom stereocenters. The molecular formula is C15H23N3O2S. The fraction of sp³-hybridized carbons (Fsp3) is 0.467. The van der Waals surface area contributed by atoms with E-state index in [9.17, 15) is 4.79 Å². The molecule has 0 bridgehead atoms. The van der Waals surface area contributed by atoms with E-state index in [1.807, 2.05) is 45.9 Å². The number of hydrazine groups is 1. The number of carbonyl (C=O) groups excluding carboxylic acids is 1. The summed E-state index contributed by atoms with van der Waals surface area (Å²) in [7, 11) is 0. The van der Waals surface area contributed by atoms with Gasteiger partial charge in [0.15, 0.2) is 11.2 Å². The summed E-state index contributed by atoms with van der Waals surface area (Å²) in [5, 5.41) is 3.27. The third-order valence-electron chi connectivity index (χ3n) is 3.06. The number of benzene rings is 1. The number of hydrogen-bond acceptors (Lipinski definition) is 3. The largest absolute Gasteiger partial charge is 0.481 e. The summed E-state index contributed by atoms with van der Waals surface area (Å²) in [6.45, 7) is 8.56. The highest BCUT2D eigenvalue weighted by Gasteiger charge is 2.18. The number of thiocarbonyl (C=S) groups is 1. The average molecular weight is 309 g/mol. The molecule has 0 aliphatic heterocycles. The molecule has 1 atom stereocenters. The minimum absolute atomic E-state index is 0.254. The van der Waals surface area contributed by atoms with Crippen LogP contribution in [-0.4, -0.2) is 23.7 Å². The maximum absolute atomic E-state index is 12.1.